The third-order valence-electron chi connectivity index (χ3n) is 6.84. The number of piperazine rings is 1. The number of aromatic nitrogens is 2. The number of hydrogen-bond donors (Lipinski definition) is 0. The van der Waals surface area contributed by atoms with Crippen molar-refractivity contribution in [2.45, 2.75) is 18.9 Å². The Bertz CT molecular complexity index is 1210. The van der Waals surface area contributed by atoms with Crippen LogP contribution in [0.3, 0.4) is 0 Å². The zero-order valence-corrected chi connectivity index (χ0v) is 21.4. The van der Waals surface area contributed by atoms with Crippen molar-refractivity contribution in [2.24, 2.45) is 0 Å². The van der Waals surface area contributed by atoms with Gasteiger partial charge in [-0.15, -0.1) is 10.2 Å². The fraction of sp³-hybridized carbons (Fsp3) is 0.357. The van der Waals surface area contributed by atoms with Crippen LogP contribution in [0.5, 0.6) is 0 Å². The van der Waals surface area contributed by atoms with Crippen LogP contribution in [0.15, 0.2) is 66.7 Å². The lowest BCUT2D eigenvalue weighted by atomic mass is 10.1. The fourth-order valence-corrected chi connectivity index (χ4v) is 5.00. The zero-order valence-electron chi connectivity index (χ0n) is 20.6. The van der Waals surface area contributed by atoms with E-state index < -0.39 is 0 Å². The maximum Gasteiger partial charge on any atom is 0.254 e. The summed E-state index contributed by atoms with van der Waals surface area (Å²) >= 11 is 6.28. The van der Waals surface area contributed by atoms with E-state index in [4.69, 9.17) is 16.3 Å². The number of anilines is 1. The molecule has 2 fully saturated rings. The van der Waals surface area contributed by atoms with Crippen LogP contribution in [0, 0.1) is 0 Å². The molecule has 0 saturated carbocycles. The van der Waals surface area contributed by atoms with Crippen LogP contribution in [0.25, 0.3) is 11.3 Å². The lowest BCUT2D eigenvalue weighted by molar-refractivity contribution is -0.132. The molecule has 2 amide bonds. The first-order chi connectivity index (χ1) is 18.1. The predicted molar refractivity (Wildman–Crippen MR) is 143 cm³/mol. The second kappa shape index (κ2) is 11.7. The van der Waals surface area contributed by atoms with E-state index >= 15 is 0 Å². The van der Waals surface area contributed by atoms with Crippen LogP contribution in [0.1, 0.15) is 23.2 Å². The van der Waals surface area contributed by atoms with Crippen LogP contribution in [0.4, 0.5) is 5.82 Å². The quantitative estimate of drug-likeness (QED) is 0.473. The van der Waals surface area contributed by atoms with Gasteiger partial charge in [0.15, 0.2) is 5.82 Å². The summed E-state index contributed by atoms with van der Waals surface area (Å²) in [7, 11) is 0. The standard InChI is InChI=1S/C28H30ClN5O3/c29-24-11-5-4-10-23(24)25-12-13-26(31-30-25)32-14-16-33(17-15-32)27(35)20-34(19-22-9-6-18-37-22)28(36)21-7-2-1-3-8-21/h1-5,7-8,10-13,22H,6,9,14-20H2. The van der Waals surface area contributed by atoms with Gasteiger partial charge < -0.3 is 19.4 Å². The fourth-order valence-electron chi connectivity index (χ4n) is 4.77. The Morgan fingerprint density at radius 2 is 1.70 bits per heavy atom. The number of carbonyl (C=O) groups excluding carboxylic acids is 2. The van der Waals surface area contributed by atoms with E-state index in [0.29, 0.717) is 49.9 Å². The molecule has 8 nitrogen and oxygen atoms in total. The minimum atomic E-state index is -0.142. The van der Waals surface area contributed by atoms with E-state index in [1.807, 2.05) is 59.5 Å². The van der Waals surface area contributed by atoms with E-state index in [1.165, 1.54) is 0 Å². The summed E-state index contributed by atoms with van der Waals surface area (Å²) in [5.74, 6) is 0.571. The number of nitrogens with zero attached hydrogens (tertiary/aromatic N) is 5. The molecule has 2 saturated heterocycles. The molecule has 2 aliphatic heterocycles. The van der Waals surface area contributed by atoms with E-state index in [1.54, 1.807) is 17.0 Å². The Balaban J connectivity index is 1.19. The summed E-state index contributed by atoms with van der Waals surface area (Å²) in [5.41, 5.74) is 2.14. The van der Waals surface area contributed by atoms with Crippen molar-refractivity contribution in [1.29, 1.82) is 0 Å². The third kappa shape index (κ3) is 6.09. The third-order valence-corrected chi connectivity index (χ3v) is 7.17. The van der Waals surface area contributed by atoms with Gasteiger partial charge in [0.05, 0.1) is 16.8 Å². The summed E-state index contributed by atoms with van der Waals surface area (Å²) < 4.78 is 5.76. The maximum absolute atomic E-state index is 13.2. The molecule has 0 aliphatic carbocycles. The van der Waals surface area contributed by atoms with Crippen molar-refractivity contribution >= 4 is 29.2 Å². The van der Waals surface area contributed by atoms with Crippen molar-refractivity contribution in [3.05, 3.63) is 77.3 Å². The molecule has 2 aliphatic rings. The first-order valence-corrected chi connectivity index (χ1v) is 13.0. The Kier molecular flexibility index (Phi) is 7.96. The molecule has 1 unspecified atom stereocenters. The Morgan fingerprint density at radius 1 is 0.946 bits per heavy atom. The molecular weight excluding hydrogens is 490 g/mol. The number of benzene rings is 2. The number of rotatable bonds is 7. The Labute approximate surface area is 221 Å². The molecule has 2 aromatic carbocycles. The highest BCUT2D eigenvalue weighted by molar-refractivity contribution is 6.33. The summed E-state index contributed by atoms with van der Waals surface area (Å²) in [6.45, 7) is 3.57. The van der Waals surface area contributed by atoms with Gasteiger partial charge in [0.2, 0.25) is 5.91 Å². The number of hydrogen-bond acceptors (Lipinski definition) is 6. The van der Waals surface area contributed by atoms with Gasteiger partial charge in [0.25, 0.3) is 5.91 Å². The van der Waals surface area contributed by atoms with Crippen molar-refractivity contribution in [1.82, 2.24) is 20.0 Å². The first-order valence-electron chi connectivity index (χ1n) is 12.7. The van der Waals surface area contributed by atoms with Gasteiger partial charge >= 0.3 is 0 Å². The lowest BCUT2D eigenvalue weighted by Crippen LogP contribution is -2.52. The van der Waals surface area contributed by atoms with Crippen LogP contribution in [-0.4, -0.2) is 83.8 Å². The van der Waals surface area contributed by atoms with Gasteiger partial charge in [-0.1, -0.05) is 48.0 Å². The van der Waals surface area contributed by atoms with Crippen LogP contribution >= 0.6 is 11.6 Å². The summed E-state index contributed by atoms with van der Waals surface area (Å²) in [6, 6.07) is 20.5. The Hall–Kier alpha value is -3.49. The smallest absolute Gasteiger partial charge is 0.254 e. The minimum absolute atomic E-state index is 0.0235. The molecule has 37 heavy (non-hydrogen) atoms. The molecule has 0 bridgehead atoms. The normalized spacial score (nSPS) is 17.6. The van der Waals surface area contributed by atoms with Gasteiger partial charge in [0.1, 0.15) is 6.54 Å². The van der Waals surface area contributed by atoms with E-state index in [0.717, 1.165) is 29.9 Å². The van der Waals surface area contributed by atoms with Gasteiger partial charge in [-0.3, -0.25) is 9.59 Å². The predicted octanol–water partition coefficient (Wildman–Crippen LogP) is 3.77. The highest BCUT2D eigenvalue weighted by Crippen LogP contribution is 2.26. The van der Waals surface area contributed by atoms with Gasteiger partial charge in [-0.05, 0) is 43.2 Å². The molecule has 3 aromatic rings. The van der Waals surface area contributed by atoms with Gasteiger partial charge in [0, 0.05) is 50.5 Å². The second-order valence-electron chi connectivity index (χ2n) is 9.31. The number of carbonyl (C=O) groups is 2. The number of amides is 2. The average molecular weight is 520 g/mol. The highest BCUT2D eigenvalue weighted by atomic mass is 35.5. The van der Waals surface area contributed by atoms with Crippen molar-refractivity contribution in [2.75, 3.05) is 50.8 Å². The van der Waals surface area contributed by atoms with Crippen LogP contribution in [0.2, 0.25) is 5.02 Å². The monoisotopic (exact) mass is 519 g/mol. The minimum Gasteiger partial charge on any atom is -0.376 e. The molecule has 0 radical (unpaired) electrons. The van der Waals surface area contributed by atoms with Gasteiger partial charge in [-0.25, -0.2) is 0 Å². The van der Waals surface area contributed by atoms with Crippen LogP contribution in [-0.2, 0) is 9.53 Å². The highest BCUT2D eigenvalue weighted by Gasteiger charge is 2.28. The molecular formula is C28H30ClN5O3. The van der Waals surface area contributed by atoms with Crippen LogP contribution < -0.4 is 4.90 Å². The van der Waals surface area contributed by atoms with E-state index in [-0.39, 0.29) is 24.5 Å². The summed E-state index contributed by atoms with van der Waals surface area (Å²) in [6.07, 6.45) is 1.86. The molecule has 192 valence electrons. The summed E-state index contributed by atoms with van der Waals surface area (Å²) in [4.78, 5) is 32.0. The molecule has 3 heterocycles. The summed E-state index contributed by atoms with van der Waals surface area (Å²) in [5, 5.41) is 9.40. The van der Waals surface area contributed by atoms with Crippen molar-refractivity contribution in [3.63, 3.8) is 0 Å². The average Bonchev–Trinajstić information content (AvgIpc) is 3.46. The largest absolute Gasteiger partial charge is 0.376 e. The molecule has 1 aromatic heterocycles. The van der Waals surface area contributed by atoms with E-state index in [2.05, 4.69) is 15.1 Å². The second-order valence-corrected chi connectivity index (χ2v) is 9.72. The SMILES string of the molecule is O=C(CN(CC1CCCO1)C(=O)c1ccccc1)N1CCN(c2ccc(-c3ccccc3Cl)nn2)CC1. The molecule has 0 spiro atoms. The van der Waals surface area contributed by atoms with Crippen molar-refractivity contribution in [3.8, 4) is 11.3 Å². The number of halogens is 1. The topological polar surface area (TPSA) is 78.9 Å². The number of ether oxygens (including phenoxy) is 1. The molecule has 5 rings (SSSR count). The molecule has 0 N–H and O–H groups in total. The van der Waals surface area contributed by atoms with E-state index in [9.17, 15) is 9.59 Å². The zero-order chi connectivity index (χ0) is 25.6. The first kappa shape index (κ1) is 25.2. The Morgan fingerprint density at radius 3 is 2.38 bits per heavy atom. The molecule has 9 heteroatoms. The maximum atomic E-state index is 13.2. The van der Waals surface area contributed by atoms with Crippen molar-refractivity contribution < 1.29 is 14.3 Å². The van der Waals surface area contributed by atoms with Gasteiger partial charge in [-0.2, -0.15) is 0 Å². The lowest BCUT2D eigenvalue weighted by Gasteiger charge is -2.36. The molecule has 1 atom stereocenters.